The first-order valence-corrected chi connectivity index (χ1v) is 4.49. The zero-order valence-corrected chi connectivity index (χ0v) is 7.07. The third-order valence-electron chi connectivity index (χ3n) is 2.20. The molecule has 1 aliphatic heterocycles. The van der Waals surface area contributed by atoms with Crippen LogP contribution in [0.4, 0.5) is 0 Å². The second kappa shape index (κ2) is 3.68. The highest BCUT2D eigenvalue weighted by Gasteiger charge is 2.16. The predicted octanol–water partition coefficient (Wildman–Crippen LogP) is 2.32. The second-order valence-corrected chi connectivity index (χ2v) is 3.11. The predicted molar refractivity (Wildman–Crippen MR) is 46.8 cm³/mol. The quantitative estimate of drug-likeness (QED) is 0.633. The lowest BCUT2D eigenvalue weighted by atomic mass is 10.1. The van der Waals surface area contributed by atoms with Gasteiger partial charge in [-0.3, -0.25) is 4.98 Å². The van der Waals surface area contributed by atoms with E-state index in [1.807, 2.05) is 24.4 Å². The maximum absolute atomic E-state index is 5.60. The fraction of sp³-hybridized carbons (Fsp3) is 0.500. The third-order valence-corrected chi connectivity index (χ3v) is 2.20. The van der Waals surface area contributed by atoms with Gasteiger partial charge in [-0.1, -0.05) is 6.07 Å². The summed E-state index contributed by atoms with van der Waals surface area (Å²) in [6.45, 7) is 0.890. The van der Waals surface area contributed by atoms with E-state index in [0.717, 1.165) is 18.7 Å². The Hall–Kier alpha value is -0.890. The van der Waals surface area contributed by atoms with Gasteiger partial charge in [0.15, 0.2) is 0 Å². The van der Waals surface area contributed by atoms with Crippen molar-refractivity contribution >= 4 is 0 Å². The SMILES string of the molecule is c1ccc(C2CCCCO2)nc1. The third kappa shape index (κ3) is 1.64. The lowest BCUT2D eigenvalue weighted by Crippen LogP contribution is -2.12. The summed E-state index contributed by atoms with van der Waals surface area (Å²) in [6.07, 6.45) is 5.66. The molecule has 1 aromatic heterocycles. The second-order valence-electron chi connectivity index (χ2n) is 3.11. The first-order valence-electron chi connectivity index (χ1n) is 4.49. The van der Waals surface area contributed by atoms with Gasteiger partial charge < -0.3 is 4.74 Å². The average Bonchev–Trinajstić information content (AvgIpc) is 2.21. The van der Waals surface area contributed by atoms with Crippen molar-refractivity contribution in [2.75, 3.05) is 6.61 Å². The molecule has 0 saturated carbocycles. The van der Waals surface area contributed by atoms with Crippen molar-refractivity contribution in [1.29, 1.82) is 0 Å². The highest BCUT2D eigenvalue weighted by atomic mass is 16.5. The van der Waals surface area contributed by atoms with Crippen molar-refractivity contribution in [2.24, 2.45) is 0 Å². The van der Waals surface area contributed by atoms with Gasteiger partial charge in [0.25, 0.3) is 0 Å². The summed E-state index contributed by atoms with van der Waals surface area (Å²) in [5, 5.41) is 0. The average molecular weight is 163 g/mol. The summed E-state index contributed by atoms with van der Waals surface area (Å²) < 4.78 is 5.60. The molecule has 0 N–H and O–H groups in total. The molecule has 1 saturated heterocycles. The molecule has 64 valence electrons. The summed E-state index contributed by atoms with van der Waals surface area (Å²) in [6, 6.07) is 5.99. The molecule has 0 amide bonds. The molecule has 12 heavy (non-hydrogen) atoms. The van der Waals surface area contributed by atoms with Crippen LogP contribution < -0.4 is 0 Å². The van der Waals surface area contributed by atoms with Gasteiger partial charge in [0.2, 0.25) is 0 Å². The molecule has 0 aliphatic carbocycles. The number of aromatic nitrogens is 1. The van der Waals surface area contributed by atoms with E-state index < -0.39 is 0 Å². The Morgan fingerprint density at radius 1 is 1.33 bits per heavy atom. The van der Waals surface area contributed by atoms with Crippen LogP contribution in [0.1, 0.15) is 31.1 Å². The van der Waals surface area contributed by atoms with Crippen molar-refractivity contribution in [1.82, 2.24) is 4.98 Å². The summed E-state index contributed by atoms with van der Waals surface area (Å²) in [7, 11) is 0. The standard InChI is InChI=1S/C10H13NO/c1-3-7-11-9(5-1)10-6-2-4-8-12-10/h1,3,5,7,10H,2,4,6,8H2. The maximum Gasteiger partial charge on any atom is 0.0994 e. The van der Waals surface area contributed by atoms with Gasteiger partial charge in [0, 0.05) is 12.8 Å². The van der Waals surface area contributed by atoms with Crippen LogP contribution in [0.5, 0.6) is 0 Å². The molecule has 1 aromatic rings. The highest BCUT2D eigenvalue weighted by Crippen LogP contribution is 2.25. The Morgan fingerprint density at radius 2 is 2.33 bits per heavy atom. The normalized spacial score (nSPS) is 23.8. The van der Waals surface area contributed by atoms with Gasteiger partial charge in [0.1, 0.15) is 0 Å². The molecule has 0 radical (unpaired) electrons. The molecular weight excluding hydrogens is 150 g/mol. The number of rotatable bonds is 1. The molecule has 2 rings (SSSR count). The van der Waals surface area contributed by atoms with Crippen LogP contribution in [-0.2, 0) is 4.74 Å². The Bertz CT molecular complexity index is 229. The number of pyridine rings is 1. The topological polar surface area (TPSA) is 22.1 Å². The molecule has 1 unspecified atom stereocenters. The fourth-order valence-electron chi connectivity index (χ4n) is 1.54. The zero-order chi connectivity index (χ0) is 8.23. The van der Waals surface area contributed by atoms with Crippen LogP contribution in [0.15, 0.2) is 24.4 Å². The molecule has 1 aliphatic rings. The molecule has 0 spiro atoms. The molecule has 1 atom stereocenters. The highest BCUT2D eigenvalue weighted by molar-refractivity contribution is 5.07. The van der Waals surface area contributed by atoms with Crippen LogP contribution in [0.3, 0.4) is 0 Å². The van der Waals surface area contributed by atoms with Crippen molar-refractivity contribution in [3.05, 3.63) is 30.1 Å². The first-order chi connectivity index (χ1) is 5.97. The Morgan fingerprint density at radius 3 is 3.00 bits per heavy atom. The smallest absolute Gasteiger partial charge is 0.0994 e. The fourth-order valence-corrected chi connectivity index (χ4v) is 1.54. The number of nitrogens with zero attached hydrogens (tertiary/aromatic N) is 1. The Kier molecular flexibility index (Phi) is 2.37. The van der Waals surface area contributed by atoms with E-state index in [0.29, 0.717) is 0 Å². The van der Waals surface area contributed by atoms with E-state index in [4.69, 9.17) is 4.74 Å². The van der Waals surface area contributed by atoms with E-state index >= 15 is 0 Å². The van der Waals surface area contributed by atoms with Crippen molar-refractivity contribution in [3.8, 4) is 0 Å². The van der Waals surface area contributed by atoms with Crippen LogP contribution in [0, 0.1) is 0 Å². The van der Waals surface area contributed by atoms with Crippen LogP contribution in [-0.4, -0.2) is 11.6 Å². The lowest BCUT2D eigenvalue weighted by Gasteiger charge is -2.21. The molecular formula is C10H13NO. The summed E-state index contributed by atoms with van der Waals surface area (Å²) in [5.41, 5.74) is 1.08. The van der Waals surface area contributed by atoms with Gasteiger partial charge in [-0.25, -0.2) is 0 Å². The summed E-state index contributed by atoms with van der Waals surface area (Å²) in [4.78, 5) is 4.28. The number of hydrogen-bond donors (Lipinski definition) is 0. The molecule has 2 nitrogen and oxygen atoms in total. The summed E-state index contributed by atoms with van der Waals surface area (Å²) >= 11 is 0. The van der Waals surface area contributed by atoms with Gasteiger partial charge >= 0.3 is 0 Å². The number of hydrogen-bond acceptors (Lipinski definition) is 2. The largest absolute Gasteiger partial charge is 0.372 e. The van der Waals surface area contributed by atoms with E-state index in [2.05, 4.69) is 4.98 Å². The van der Waals surface area contributed by atoms with E-state index in [1.54, 1.807) is 0 Å². The van der Waals surface area contributed by atoms with Crippen molar-refractivity contribution in [2.45, 2.75) is 25.4 Å². The van der Waals surface area contributed by atoms with Crippen LogP contribution in [0.25, 0.3) is 0 Å². The van der Waals surface area contributed by atoms with Gasteiger partial charge in [0.05, 0.1) is 11.8 Å². The molecule has 2 heteroatoms. The molecule has 1 fully saturated rings. The van der Waals surface area contributed by atoms with Gasteiger partial charge in [-0.05, 0) is 31.4 Å². The zero-order valence-electron chi connectivity index (χ0n) is 7.07. The van der Waals surface area contributed by atoms with Crippen molar-refractivity contribution < 1.29 is 4.74 Å². The Balaban J connectivity index is 2.08. The monoisotopic (exact) mass is 163 g/mol. The first kappa shape index (κ1) is 7.74. The van der Waals surface area contributed by atoms with Crippen LogP contribution in [0.2, 0.25) is 0 Å². The minimum Gasteiger partial charge on any atom is -0.372 e. The maximum atomic E-state index is 5.60. The Labute approximate surface area is 72.6 Å². The minimum atomic E-state index is 0.250. The minimum absolute atomic E-state index is 0.250. The van der Waals surface area contributed by atoms with E-state index in [-0.39, 0.29) is 6.10 Å². The van der Waals surface area contributed by atoms with Crippen molar-refractivity contribution in [3.63, 3.8) is 0 Å². The van der Waals surface area contributed by atoms with Gasteiger partial charge in [-0.2, -0.15) is 0 Å². The molecule has 2 heterocycles. The number of ether oxygens (including phenoxy) is 1. The summed E-state index contributed by atoms with van der Waals surface area (Å²) in [5.74, 6) is 0. The van der Waals surface area contributed by atoms with E-state index in [1.165, 1.54) is 12.8 Å². The molecule has 0 aromatic carbocycles. The molecule has 0 bridgehead atoms. The van der Waals surface area contributed by atoms with Gasteiger partial charge in [-0.15, -0.1) is 0 Å². The lowest BCUT2D eigenvalue weighted by molar-refractivity contribution is 0.0123. The van der Waals surface area contributed by atoms with E-state index in [9.17, 15) is 0 Å². The van der Waals surface area contributed by atoms with Crippen LogP contribution >= 0.6 is 0 Å².